The highest BCUT2D eigenvalue weighted by molar-refractivity contribution is 5.74. The van der Waals surface area contributed by atoms with E-state index < -0.39 is 6.17 Å². The molecule has 0 saturated carbocycles. The molecule has 2 aliphatic heterocycles. The Hall–Kier alpha value is -3.65. The van der Waals surface area contributed by atoms with Gasteiger partial charge in [-0.3, -0.25) is 0 Å². The number of phenolic OH excluding ortho intramolecular Hbond substituents is 1. The first-order valence-corrected chi connectivity index (χ1v) is 9.93. The predicted molar refractivity (Wildman–Crippen MR) is 114 cm³/mol. The molecular weight excluding hydrogens is 397 g/mol. The summed E-state index contributed by atoms with van der Waals surface area (Å²) >= 11 is 0. The molecule has 1 saturated heterocycles. The van der Waals surface area contributed by atoms with Gasteiger partial charge >= 0.3 is 0 Å². The van der Waals surface area contributed by atoms with Crippen LogP contribution in [-0.4, -0.2) is 50.6 Å². The van der Waals surface area contributed by atoms with Crippen LogP contribution in [-0.2, 0) is 0 Å². The van der Waals surface area contributed by atoms with Crippen molar-refractivity contribution in [2.75, 3.05) is 7.11 Å². The zero-order chi connectivity index (χ0) is 21.4. The van der Waals surface area contributed by atoms with Gasteiger partial charge in [0.15, 0.2) is 5.82 Å². The molecule has 3 atom stereocenters. The fourth-order valence-electron chi connectivity index (χ4n) is 3.92. The van der Waals surface area contributed by atoms with Gasteiger partial charge in [0, 0.05) is 23.9 Å². The Morgan fingerprint density at radius 3 is 2.77 bits per heavy atom. The van der Waals surface area contributed by atoms with Crippen molar-refractivity contribution in [2.45, 2.75) is 24.7 Å². The maximum absolute atomic E-state index is 14.5. The van der Waals surface area contributed by atoms with Gasteiger partial charge in [0.05, 0.1) is 19.3 Å². The van der Waals surface area contributed by atoms with Crippen molar-refractivity contribution in [3.63, 3.8) is 0 Å². The molecule has 0 aliphatic carbocycles. The van der Waals surface area contributed by atoms with Crippen LogP contribution in [0.3, 0.4) is 0 Å². The van der Waals surface area contributed by atoms with E-state index in [0.29, 0.717) is 35.0 Å². The third-order valence-electron chi connectivity index (χ3n) is 5.53. The number of piperidine rings is 1. The topological polar surface area (TPSA) is 93.0 Å². The number of pyridine rings is 1. The number of aromatic nitrogens is 4. The van der Waals surface area contributed by atoms with Gasteiger partial charge in [0.25, 0.3) is 0 Å². The fourth-order valence-corrected chi connectivity index (χ4v) is 3.92. The number of aromatic hydroxyl groups is 1. The van der Waals surface area contributed by atoms with E-state index in [1.54, 1.807) is 37.6 Å². The highest BCUT2D eigenvalue weighted by atomic mass is 19.1. The average molecular weight is 417 g/mol. The number of hydrogen-bond acceptors (Lipinski definition) is 7. The molecule has 0 radical (unpaired) electrons. The molecule has 2 N–H and O–H groups in total. The van der Waals surface area contributed by atoms with Crippen LogP contribution < -0.4 is 10.1 Å². The zero-order valence-corrected chi connectivity index (χ0v) is 16.7. The molecule has 31 heavy (non-hydrogen) atoms. The van der Waals surface area contributed by atoms with Crippen LogP contribution in [0.2, 0.25) is 0 Å². The van der Waals surface area contributed by atoms with Crippen molar-refractivity contribution in [1.82, 2.24) is 25.5 Å². The van der Waals surface area contributed by atoms with Crippen LogP contribution >= 0.6 is 0 Å². The number of nitrogens with zero attached hydrogens (tertiary/aromatic N) is 4. The Morgan fingerprint density at radius 1 is 1.13 bits per heavy atom. The Morgan fingerprint density at radius 2 is 2.00 bits per heavy atom. The number of hydrogen-bond donors (Lipinski definition) is 2. The fraction of sp³-hybridized carbons (Fsp3) is 0.217. The molecule has 3 aromatic rings. The minimum absolute atomic E-state index is 0.0558. The Labute approximate surface area is 178 Å². The van der Waals surface area contributed by atoms with Crippen molar-refractivity contribution in [2.24, 2.45) is 0 Å². The van der Waals surface area contributed by atoms with E-state index >= 15 is 0 Å². The molecular formula is C23H20FN5O2. The van der Waals surface area contributed by atoms with Crippen molar-refractivity contribution < 1.29 is 14.2 Å². The first-order chi connectivity index (χ1) is 15.1. The number of benzene rings is 1. The second kappa shape index (κ2) is 7.88. The molecule has 0 amide bonds. The van der Waals surface area contributed by atoms with E-state index in [2.05, 4.69) is 25.5 Å². The number of nitrogens with one attached hydrogen (secondary N) is 1. The first kappa shape index (κ1) is 19.3. The van der Waals surface area contributed by atoms with E-state index in [9.17, 15) is 9.50 Å². The second-order valence-corrected chi connectivity index (χ2v) is 7.53. The summed E-state index contributed by atoms with van der Waals surface area (Å²) in [6, 6.07) is 8.77. The summed E-state index contributed by atoms with van der Waals surface area (Å²) in [7, 11) is 1.55. The maximum atomic E-state index is 14.5. The number of alkyl halides is 1. The normalized spacial score (nSPS) is 23.3. The standard InChI is InChI=1S/C23H20FN5O2/c1-31-22-11-14(6-7-25-22)13-2-4-17(20(30)9-13)19-12-26-21(29-28-19)10-15-8-16-3-5-18(27-16)23(15)24/h2-7,9-12,16,18,23,27,30H,8H2,1H3/b15-10+/t16?,18-,23+/m0/s1. The highest BCUT2D eigenvalue weighted by Gasteiger charge is 2.34. The Kier molecular flexibility index (Phi) is 4.91. The van der Waals surface area contributed by atoms with Crippen LogP contribution in [0.1, 0.15) is 12.2 Å². The highest BCUT2D eigenvalue weighted by Crippen LogP contribution is 2.33. The van der Waals surface area contributed by atoms with Crippen LogP contribution in [0.15, 0.2) is 60.5 Å². The molecule has 1 aromatic carbocycles. The number of fused-ring (bicyclic) bond motifs is 2. The van der Waals surface area contributed by atoms with E-state index in [1.807, 2.05) is 24.3 Å². The molecule has 2 aliphatic rings. The summed E-state index contributed by atoms with van der Waals surface area (Å²) < 4.78 is 19.7. The number of halogens is 1. The maximum Gasteiger partial charge on any atom is 0.213 e. The molecule has 4 heterocycles. The van der Waals surface area contributed by atoms with E-state index in [-0.39, 0.29) is 17.8 Å². The van der Waals surface area contributed by atoms with Gasteiger partial charge in [0.2, 0.25) is 5.88 Å². The van der Waals surface area contributed by atoms with Crippen molar-refractivity contribution in [3.05, 3.63) is 66.3 Å². The van der Waals surface area contributed by atoms with Gasteiger partial charge in [-0.15, -0.1) is 10.2 Å². The molecule has 7 nitrogen and oxygen atoms in total. The summed E-state index contributed by atoms with van der Waals surface area (Å²) in [5.74, 6) is 0.900. The Bertz CT molecular complexity index is 1180. The van der Waals surface area contributed by atoms with Crippen molar-refractivity contribution in [3.8, 4) is 34.0 Å². The molecule has 2 aromatic heterocycles. The molecule has 0 spiro atoms. The molecule has 1 fully saturated rings. The van der Waals surface area contributed by atoms with Crippen LogP contribution in [0, 0.1) is 0 Å². The smallest absolute Gasteiger partial charge is 0.213 e. The lowest BCUT2D eigenvalue weighted by atomic mass is 9.96. The average Bonchev–Trinajstić information content (AvgIpc) is 3.21. The van der Waals surface area contributed by atoms with Gasteiger partial charge in [-0.25, -0.2) is 14.4 Å². The second-order valence-electron chi connectivity index (χ2n) is 7.53. The lowest BCUT2D eigenvalue weighted by Gasteiger charge is -2.27. The van der Waals surface area contributed by atoms with Crippen LogP contribution in [0.25, 0.3) is 28.5 Å². The van der Waals surface area contributed by atoms with Crippen LogP contribution in [0.4, 0.5) is 4.39 Å². The zero-order valence-electron chi connectivity index (χ0n) is 16.7. The molecule has 2 bridgehead atoms. The first-order valence-electron chi connectivity index (χ1n) is 9.93. The van der Waals surface area contributed by atoms with Crippen molar-refractivity contribution in [1.29, 1.82) is 0 Å². The monoisotopic (exact) mass is 417 g/mol. The summed E-state index contributed by atoms with van der Waals surface area (Å²) in [5, 5.41) is 22.0. The Balaban J connectivity index is 1.38. The number of phenols is 1. The SMILES string of the molecule is COc1cc(-c2ccc(-c3cnc(/C=C4\CC5C=C[C@H](N5)[C@@H]4F)nn3)c(O)c2)ccn1. The minimum atomic E-state index is -1.10. The van der Waals surface area contributed by atoms with Gasteiger partial charge < -0.3 is 15.2 Å². The van der Waals surface area contributed by atoms with E-state index in [0.717, 1.165) is 11.1 Å². The summed E-state index contributed by atoms with van der Waals surface area (Å²) in [4.78, 5) is 8.40. The quantitative estimate of drug-likeness (QED) is 0.629. The molecule has 1 unspecified atom stereocenters. The molecule has 8 heteroatoms. The number of ether oxygens (including phenoxy) is 1. The van der Waals surface area contributed by atoms with Gasteiger partial charge in [-0.1, -0.05) is 18.2 Å². The lowest BCUT2D eigenvalue weighted by molar-refractivity contribution is 0.285. The minimum Gasteiger partial charge on any atom is -0.507 e. The summed E-state index contributed by atoms with van der Waals surface area (Å²) in [5.41, 5.74) is 3.28. The van der Waals surface area contributed by atoms with Gasteiger partial charge in [-0.05, 0) is 47.4 Å². The summed E-state index contributed by atoms with van der Waals surface area (Å²) in [6.45, 7) is 0. The number of rotatable bonds is 4. The third kappa shape index (κ3) is 3.77. The predicted octanol–water partition coefficient (Wildman–Crippen LogP) is 3.34. The van der Waals surface area contributed by atoms with E-state index in [1.165, 1.54) is 6.20 Å². The van der Waals surface area contributed by atoms with E-state index in [4.69, 9.17) is 4.74 Å². The van der Waals surface area contributed by atoms with Gasteiger partial charge in [0.1, 0.15) is 17.6 Å². The van der Waals surface area contributed by atoms with Crippen molar-refractivity contribution >= 4 is 6.08 Å². The lowest BCUT2D eigenvalue weighted by Crippen LogP contribution is -2.43. The van der Waals surface area contributed by atoms with Crippen LogP contribution in [0.5, 0.6) is 11.6 Å². The number of methoxy groups -OCH3 is 1. The third-order valence-corrected chi connectivity index (χ3v) is 5.53. The van der Waals surface area contributed by atoms with Gasteiger partial charge in [-0.2, -0.15) is 0 Å². The largest absolute Gasteiger partial charge is 0.507 e. The molecule has 156 valence electrons. The molecule has 5 rings (SSSR count). The summed E-state index contributed by atoms with van der Waals surface area (Å²) in [6.07, 6.45) is 8.19.